The molecule has 0 saturated carbocycles. The highest BCUT2D eigenvalue weighted by Gasteiger charge is 2.34. The molecular formula is C32H38FN3O6S. The molecule has 4 rings (SSSR count). The molecule has 11 heteroatoms. The summed E-state index contributed by atoms with van der Waals surface area (Å²) in [5.41, 5.74) is 1.89. The zero-order valence-electron chi connectivity index (χ0n) is 24.7. The second kappa shape index (κ2) is 14.4. The van der Waals surface area contributed by atoms with Crippen LogP contribution >= 0.6 is 0 Å². The molecule has 0 aromatic heterocycles. The number of hydrogen-bond acceptors (Lipinski definition) is 6. The predicted octanol–water partition coefficient (Wildman–Crippen LogP) is 4.82. The van der Waals surface area contributed by atoms with E-state index in [1.54, 1.807) is 0 Å². The van der Waals surface area contributed by atoms with E-state index in [2.05, 4.69) is 5.32 Å². The summed E-state index contributed by atoms with van der Waals surface area (Å²) >= 11 is 0. The normalized spacial score (nSPS) is 13.2. The molecule has 0 saturated heterocycles. The quantitative estimate of drug-likeness (QED) is 0.278. The zero-order chi connectivity index (χ0) is 31.0. The second-order valence-corrected chi connectivity index (χ2v) is 12.2. The lowest BCUT2D eigenvalue weighted by atomic mass is 10.1. The number of sulfonamides is 1. The Hall–Kier alpha value is -4.12. The smallest absolute Gasteiger partial charge is 0.264 e. The van der Waals surface area contributed by atoms with Crippen molar-refractivity contribution in [1.82, 2.24) is 10.2 Å². The van der Waals surface area contributed by atoms with Crippen molar-refractivity contribution in [2.45, 2.75) is 57.5 Å². The van der Waals surface area contributed by atoms with E-state index in [-0.39, 0.29) is 35.4 Å². The summed E-state index contributed by atoms with van der Waals surface area (Å²) in [6, 6.07) is 15.9. The Labute approximate surface area is 252 Å². The number of halogens is 1. The SMILES string of the molecule is CCCCNC(=O)[C@H](CC)N(Cc1cccc(C)c1)C(=O)CN(c1ccc(F)cc1)S(=O)(=O)c1ccc2c(c1)OCCO2. The highest BCUT2D eigenvalue weighted by Crippen LogP contribution is 2.34. The van der Waals surface area contributed by atoms with Crippen molar-refractivity contribution in [2.24, 2.45) is 0 Å². The molecule has 9 nitrogen and oxygen atoms in total. The molecule has 3 aromatic carbocycles. The molecule has 2 amide bonds. The predicted molar refractivity (Wildman–Crippen MR) is 162 cm³/mol. The third-order valence-electron chi connectivity index (χ3n) is 7.15. The van der Waals surface area contributed by atoms with Gasteiger partial charge >= 0.3 is 0 Å². The van der Waals surface area contributed by atoms with Crippen LogP contribution in [0.25, 0.3) is 0 Å². The molecular weight excluding hydrogens is 573 g/mol. The number of aryl methyl sites for hydroxylation is 1. The fraction of sp³-hybridized carbons (Fsp3) is 0.375. The van der Waals surface area contributed by atoms with Crippen LogP contribution in [0.1, 0.15) is 44.2 Å². The van der Waals surface area contributed by atoms with Crippen molar-refractivity contribution in [3.63, 3.8) is 0 Å². The van der Waals surface area contributed by atoms with Crippen LogP contribution in [0.2, 0.25) is 0 Å². The van der Waals surface area contributed by atoms with Gasteiger partial charge in [0.05, 0.1) is 10.6 Å². The number of amides is 2. The van der Waals surface area contributed by atoms with Crippen LogP contribution in [-0.2, 0) is 26.2 Å². The van der Waals surface area contributed by atoms with E-state index in [0.29, 0.717) is 25.3 Å². The molecule has 43 heavy (non-hydrogen) atoms. The second-order valence-electron chi connectivity index (χ2n) is 10.4. The Morgan fingerprint density at radius 3 is 2.37 bits per heavy atom. The van der Waals surface area contributed by atoms with Gasteiger partial charge in [-0.05, 0) is 61.7 Å². The molecule has 1 aliphatic heterocycles. The molecule has 1 heterocycles. The lowest BCUT2D eigenvalue weighted by Gasteiger charge is -2.33. The summed E-state index contributed by atoms with van der Waals surface area (Å²) in [6.07, 6.45) is 2.01. The van der Waals surface area contributed by atoms with Gasteiger partial charge in [0.2, 0.25) is 11.8 Å². The van der Waals surface area contributed by atoms with Crippen LogP contribution < -0.4 is 19.1 Å². The van der Waals surface area contributed by atoms with Crippen molar-refractivity contribution in [2.75, 3.05) is 30.6 Å². The Bertz CT molecular complexity index is 1530. The summed E-state index contributed by atoms with van der Waals surface area (Å²) < 4.78 is 54.1. The third kappa shape index (κ3) is 7.84. The number of nitrogens with one attached hydrogen (secondary N) is 1. The molecule has 1 atom stereocenters. The van der Waals surface area contributed by atoms with Crippen LogP contribution in [0, 0.1) is 12.7 Å². The average molecular weight is 612 g/mol. The number of carbonyl (C=O) groups is 2. The number of carbonyl (C=O) groups excluding carboxylic acids is 2. The van der Waals surface area contributed by atoms with E-state index >= 15 is 0 Å². The molecule has 0 radical (unpaired) electrons. The molecule has 1 N–H and O–H groups in total. The van der Waals surface area contributed by atoms with Gasteiger partial charge in [0, 0.05) is 19.2 Å². The standard InChI is InChI=1S/C32H38FN3O6S/c1-4-6-16-34-32(38)28(5-2)35(21-24-9-7-8-23(3)19-24)31(37)22-36(26-12-10-25(33)11-13-26)43(39,40)27-14-15-29-30(20-27)42-18-17-41-29/h7-15,19-20,28H,4-6,16-18,21-22H2,1-3H3,(H,34,38)/t28-/m0/s1. The van der Waals surface area contributed by atoms with Gasteiger partial charge in [0.25, 0.3) is 10.0 Å². The average Bonchev–Trinajstić information content (AvgIpc) is 3.00. The van der Waals surface area contributed by atoms with E-state index in [0.717, 1.165) is 40.4 Å². The van der Waals surface area contributed by atoms with Gasteiger partial charge in [-0.2, -0.15) is 0 Å². The van der Waals surface area contributed by atoms with Crippen LogP contribution in [0.3, 0.4) is 0 Å². The number of nitrogens with zero attached hydrogens (tertiary/aromatic N) is 2. The lowest BCUT2D eigenvalue weighted by molar-refractivity contribution is -0.140. The van der Waals surface area contributed by atoms with Gasteiger partial charge in [0.1, 0.15) is 31.6 Å². The number of unbranched alkanes of at least 4 members (excludes halogenated alkanes) is 1. The first kappa shape index (κ1) is 31.8. The molecule has 0 fully saturated rings. The number of anilines is 1. The number of ether oxygens (including phenoxy) is 2. The lowest BCUT2D eigenvalue weighted by Crippen LogP contribution is -2.52. The summed E-state index contributed by atoms with van der Waals surface area (Å²) in [6.45, 7) is 6.32. The van der Waals surface area contributed by atoms with Crippen molar-refractivity contribution in [3.05, 3.63) is 83.7 Å². The highest BCUT2D eigenvalue weighted by molar-refractivity contribution is 7.92. The van der Waals surface area contributed by atoms with Gasteiger partial charge in [-0.3, -0.25) is 13.9 Å². The largest absolute Gasteiger partial charge is 0.486 e. The fourth-order valence-corrected chi connectivity index (χ4v) is 6.31. The number of hydrogen-bond donors (Lipinski definition) is 1. The summed E-state index contributed by atoms with van der Waals surface area (Å²) in [5.74, 6) is -0.751. The van der Waals surface area contributed by atoms with E-state index in [1.807, 2.05) is 45.0 Å². The molecule has 230 valence electrons. The van der Waals surface area contributed by atoms with Crippen LogP contribution in [-0.4, -0.2) is 57.5 Å². The Balaban J connectivity index is 1.72. The summed E-state index contributed by atoms with van der Waals surface area (Å²) in [5, 5.41) is 2.91. The van der Waals surface area contributed by atoms with E-state index in [4.69, 9.17) is 9.47 Å². The molecule has 0 spiro atoms. The maximum absolute atomic E-state index is 14.1. The number of benzene rings is 3. The third-order valence-corrected chi connectivity index (χ3v) is 8.92. The van der Waals surface area contributed by atoms with Crippen LogP contribution in [0.15, 0.2) is 71.6 Å². The van der Waals surface area contributed by atoms with Gasteiger partial charge in [-0.25, -0.2) is 12.8 Å². The summed E-state index contributed by atoms with van der Waals surface area (Å²) in [4.78, 5) is 28.7. The Morgan fingerprint density at radius 2 is 1.70 bits per heavy atom. The molecule has 0 aliphatic carbocycles. The van der Waals surface area contributed by atoms with Gasteiger partial charge < -0.3 is 19.7 Å². The first-order valence-electron chi connectivity index (χ1n) is 14.4. The first-order chi connectivity index (χ1) is 20.6. The van der Waals surface area contributed by atoms with E-state index < -0.39 is 34.3 Å². The van der Waals surface area contributed by atoms with Crippen LogP contribution in [0.4, 0.5) is 10.1 Å². The van der Waals surface area contributed by atoms with Crippen molar-refractivity contribution >= 4 is 27.5 Å². The number of fused-ring (bicyclic) bond motifs is 1. The van der Waals surface area contributed by atoms with Crippen molar-refractivity contribution < 1.29 is 31.9 Å². The minimum atomic E-state index is -4.35. The first-order valence-corrected chi connectivity index (χ1v) is 15.9. The van der Waals surface area contributed by atoms with Gasteiger partial charge in [-0.15, -0.1) is 0 Å². The topological polar surface area (TPSA) is 105 Å². The minimum Gasteiger partial charge on any atom is -0.486 e. The highest BCUT2D eigenvalue weighted by atomic mass is 32.2. The molecule has 0 unspecified atom stereocenters. The van der Waals surface area contributed by atoms with E-state index in [1.165, 1.54) is 35.2 Å². The minimum absolute atomic E-state index is 0.0978. The Kier molecular flexibility index (Phi) is 10.6. The maximum Gasteiger partial charge on any atom is 0.264 e. The van der Waals surface area contributed by atoms with E-state index in [9.17, 15) is 22.4 Å². The maximum atomic E-state index is 14.1. The van der Waals surface area contributed by atoms with Gasteiger partial charge in [0.15, 0.2) is 11.5 Å². The molecule has 1 aliphatic rings. The van der Waals surface area contributed by atoms with Crippen molar-refractivity contribution in [3.8, 4) is 11.5 Å². The molecule has 3 aromatic rings. The summed E-state index contributed by atoms with van der Waals surface area (Å²) in [7, 11) is -4.35. The molecule has 0 bridgehead atoms. The monoisotopic (exact) mass is 611 g/mol. The zero-order valence-corrected chi connectivity index (χ0v) is 25.5. The van der Waals surface area contributed by atoms with Crippen molar-refractivity contribution in [1.29, 1.82) is 0 Å². The Morgan fingerprint density at radius 1 is 0.977 bits per heavy atom. The van der Waals surface area contributed by atoms with Gasteiger partial charge in [-0.1, -0.05) is 50.1 Å². The fourth-order valence-electron chi connectivity index (χ4n) is 4.88. The van der Waals surface area contributed by atoms with Crippen LogP contribution in [0.5, 0.6) is 11.5 Å². The number of rotatable bonds is 13.